The molecule has 0 N–H and O–H groups in total. The first-order valence-electron chi connectivity index (χ1n) is 11.4. The van der Waals surface area contributed by atoms with Crippen LogP contribution in [0, 0.1) is 12.7 Å². The summed E-state index contributed by atoms with van der Waals surface area (Å²) >= 11 is 0. The summed E-state index contributed by atoms with van der Waals surface area (Å²) in [7, 11) is 1.43. The van der Waals surface area contributed by atoms with E-state index < -0.39 is 24.1 Å². The van der Waals surface area contributed by atoms with E-state index in [4.69, 9.17) is 4.74 Å². The Morgan fingerprint density at radius 1 is 1.11 bits per heavy atom. The Hall–Kier alpha value is -3.89. The fourth-order valence-corrected chi connectivity index (χ4v) is 5.02. The smallest absolute Gasteiger partial charge is 0.435 e. The summed E-state index contributed by atoms with van der Waals surface area (Å²) < 4.78 is 63.6. The lowest BCUT2D eigenvalue weighted by atomic mass is 10.2. The quantitative estimate of drug-likeness (QED) is 0.375. The van der Waals surface area contributed by atoms with E-state index in [1.807, 2.05) is 17.9 Å². The van der Waals surface area contributed by atoms with Crippen LogP contribution in [0.5, 0.6) is 5.75 Å². The van der Waals surface area contributed by atoms with Gasteiger partial charge in [-0.25, -0.2) is 14.2 Å². The standard InChI is InChI=1S/C25H23F4N5O2/c1-15-5-3-6-17(26)21(15)32-12-9-16(13-32)34-19-7-4-8-20(36-2)22(19)33(24(34)35)14-18-23(25(27,28)29)31-11-10-30-18/h3-8,10-11,16H,9,12-14H2,1-2H3/t16-/m1/s1. The molecular weight excluding hydrogens is 478 g/mol. The molecule has 0 aliphatic carbocycles. The number of halogens is 4. The second-order valence-corrected chi connectivity index (χ2v) is 8.71. The number of para-hydroxylation sites is 2. The molecule has 0 bridgehead atoms. The summed E-state index contributed by atoms with van der Waals surface area (Å²) in [4.78, 5) is 23.0. The van der Waals surface area contributed by atoms with Gasteiger partial charge in [0.2, 0.25) is 0 Å². The minimum absolute atomic E-state index is 0.323. The van der Waals surface area contributed by atoms with Gasteiger partial charge in [-0.1, -0.05) is 18.2 Å². The lowest BCUT2D eigenvalue weighted by molar-refractivity contribution is -0.142. The Morgan fingerprint density at radius 3 is 2.58 bits per heavy atom. The number of aromatic nitrogens is 4. The number of hydrogen-bond acceptors (Lipinski definition) is 5. The van der Waals surface area contributed by atoms with Gasteiger partial charge in [0.25, 0.3) is 0 Å². The Labute approximate surface area is 203 Å². The van der Waals surface area contributed by atoms with Gasteiger partial charge < -0.3 is 9.64 Å². The van der Waals surface area contributed by atoms with Crippen LogP contribution in [0.25, 0.3) is 11.0 Å². The highest BCUT2D eigenvalue weighted by molar-refractivity contribution is 5.83. The van der Waals surface area contributed by atoms with Gasteiger partial charge in [0.15, 0.2) is 5.69 Å². The van der Waals surface area contributed by atoms with Gasteiger partial charge in [0.1, 0.15) is 17.1 Å². The maximum atomic E-state index is 14.6. The van der Waals surface area contributed by atoms with E-state index >= 15 is 0 Å². The Bertz CT molecular complexity index is 1470. The summed E-state index contributed by atoms with van der Waals surface area (Å²) in [5.41, 5.74) is 0.156. The third kappa shape index (κ3) is 3.98. The summed E-state index contributed by atoms with van der Waals surface area (Å²) in [5, 5.41) is 0. The molecule has 1 fully saturated rings. The van der Waals surface area contributed by atoms with E-state index in [1.54, 1.807) is 28.8 Å². The van der Waals surface area contributed by atoms with Gasteiger partial charge >= 0.3 is 11.9 Å². The number of fused-ring (bicyclic) bond motifs is 1. The molecule has 3 heterocycles. The number of hydrogen-bond donors (Lipinski definition) is 0. The highest BCUT2D eigenvalue weighted by Crippen LogP contribution is 2.35. The lowest BCUT2D eigenvalue weighted by Crippen LogP contribution is -2.30. The largest absolute Gasteiger partial charge is 0.494 e. The van der Waals surface area contributed by atoms with Gasteiger partial charge in [-0.15, -0.1) is 0 Å². The van der Waals surface area contributed by atoms with Crippen molar-refractivity contribution >= 4 is 16.7 Å². The zero-order chi connectivity index (χ0) is 25.6. The van der Waals surface area contributed by atoms with Gasteiger partial charge in [-0.05, 0) is 37.1 Å². The van der Waals surface area contributed by atoms with Gasteiger partial charge in [0, 0.05) is 25.5 Å². The van der Waals surface area contributed by atoms with Crippen molar-refractivity contribution in [1.82, 2.24) is 19.1 Å². The van der Waals surface area contributed by atoms with Crippen molar-refractivity contribution in [3.63, 3.8) is 0 Å². The van der Waals surface area contributed by atoms with Crippen LogP contribution < -0.4 is 15.3 Å². The number of aryl methyl sites for hydroxylation is 1. The maximum Gasteiger partial charge on any atom is 0.435 e. The number of anilines is 1. The Kier molecular flexibility index (Phi) is 5.93. The highest BCUT2D eigenvalue weighted by atomic mass is 19.4. The molecule has 7 nitrogen and oxygen atoms in total. The topological polar surface area (TPSA) is 65.2 Å². The molecule has 4 aromatic rings. The molecule has 0 amide bonds. The van der Waals surface area contributed by atoms with Crippen LogP contribution in [0.4, 0.5) is 23.2 Å². The van der Waals surface area contributed by atoms with E-state index in [1.165, 1.54) is 17.7 Å². The normalized spacial score (nSPS) is 16.2. The van der Waals surface area contributed by atoms with Crippen molar-refractivity contribution in [2.45, 2.75) is 32.1 Å². The summed E-state index contributed by atoms with van der Waals surface area (Å²) in [6, 6.07) is 9.65. The van der Waals surface area contributed by atoms with Crippen molar-refractivity contribution in [2.24, 2.45) is 0 Å². The van der Waals surface area contributed by atoms with Crippen molar-refractivity contribution in [3.05, 3.63) is 82.0 Å². The first-order chi connectivity index (χ1) is 17.2. The van der Waals surface area contributed by atoms with Crippen LogP contribution in [-0.2, 0) is 12.7 Å². The van der Waals surface area contributed by atoms with Gasteiger partial charge in [0.05, 0.1) is 36.6 Å². The van der Waals surface area contributed by atoms with Crippen molar-refractivity contribution in [3.8, 4) is 5.75 Å². The molecule has 0 saturated carbocycles. The van der Waals surface area contributed by atoms with Crippen LogP contribution >= 0.6 is 0 Å². The minimum Gasteiger partial charge on any atom is -0.494 e. The van der Waals surface area contributed by atoms with Crippen LogP contribution in [0.1, 0.15) is 29.4 Å². The second-order valence-electron chi connectivity index (χ2n) is 8.71. The molecule has 36 heavy (non-hydrogen) atoms. The number of methoxy groups -OCH3 is 1. The molecule has 0 radical (unpaired) electrons. The highest BCUT2D eigenvalue weighted by Gasteiger charge is 2.37. The van der Waals surface area contributed by atoms with E-state index in [2.05, 4.69) is 9.97 Å². The maximum absolute atomic E-state index is 14.6. The molecule has 0 unspecified atom stereocenters. The zero-order valence-electron chi connectivity index (χ0n) is 19.6. The van der Waals surface area contributed by atoms with Crippen LogP contribution in [0.2, 0.25) is 0 Å². The predicted molar refractivity (Wildman–Crippen MR) is 126 cm³/mol. The molecule has 1 saturated heterocycles. The molecule has 1 aliphatic rings. The Morgan fingerprint density at radius 2 is 1.86 bits per heavy atom. The third-order valence-electron chi connectivity index (χ3n) is 6.55. The second kappa shape index (κ2) is 8.96. The average molecular weight is 501 g/mol. The Balaban J connectivity index is 1.61. The van der Waals surface area contributed by atoms with Gasteiger partial charge in [-0.3, -0.25) is 14.1 Å². The molecule has 11 heteroatoms. The van der Waals surface area contributed by atoms with E-state index in [0.717, 1.165) is 18.0 Å². The van der Waals surface area contributed by atoms with Crippen molar-refractivity contribution < 1.29 is 22.3 Å². The molecular formula is C25H23F4N5O2. The number of imidazole rings is 1. The molecule has 2 aromatic heterocycles. The third-order valence-corrected chi connectivity index (χ3v) is 6.55. The minimum atomic E-state index is -4.72. The van der Waals surface area contributed by atoms with Crippen LogP contribution in [0.3, 0.4) is 0 Å². The molecule has 1 atom stereocenters. The first kappa shape index (κ1) is 23.8. The van der Waals surface area contributed by atoms with Gasteiger partial charge in [-0.2, -0.15) is 13.2 Å². The van der Waals surface area contributed by atoms with E-state index in [-0.39, 0.29) is 17.6 Å². The van der Waals surface area contributed by atoms with Crippen LogP contribution in [0.15, 0.2) is 53.6 Å². The summed E-state index contributed by atoms with van der Waals surface area (Å²) in [6.07, 6.45) is -2.03. The van der Waals surface area contributed by atoms with Crippen molar-refractivity contribution in [2.75, 3.05) is 25.1 Å². The number of benzene rings is 2. The first-order valence-corrected chi connectivity index (χ1v) is 11.4. The van der Waals surface area contributed by atoms with E-state index in [0.29, 0.717) is 42.0 Å². The number of nitrogens with zero attached hydrogens (tertiary/aromatic N) is 5. The zero-order valence-corrected chi connectivity index (χ0v) is 19.6. The number of alkyl halides is 3. The number of rotatable bonds is 5. The monoisotopic (exact) mass is 501 g/mol. The molecule has 0 spiro atoms. The molecule has 188 valence electrons. The lowest BCUT2D eigenvalue weighted by Gasteiger charge is -2.21. The summed E-state index contributed by atoms with van der Waals surface area (Å²) in [6.45, 7) is 2.29. The van der Waals surface area contributed by atoms with Crippen LogP contribution in [-0.4, -0.2) is 39.3 Å². The molecule has 2 aromatic carbocycles. The van der Waals surface area contributed by atoms with E-state index in [9.17, 15) is 22.4 Å². The fraction of sp³-hybridized carbons (Fsp3) is 0.320. The molecule has 5 rings (SSSR count). The fourth-order valence-electron chi connectivity index (χ4n) is 5.02. The molecule has 1 aliphatic heterocycles. The SMILES string of the molecule is COc1cccc2c1n(Cc1nccnc1C(F)(F)F)c(=O)n2[C@@H]1CCN(c2c(C)cccc2F)C1. The predicted octanol–water partition coefficient (Wildman–Crippen LogP) is 4.57. The summed E-state index contributed by atoms with van der Waals surface area (Å²) in [5.74, 6) is 0.00928. The number of ether oxygens (including phenoxy) is 1. The van der Waals surface area contributed by atoms with Crippen molar-refractivity contribution in [1.29, 1.82) is 0 Å². The average Bonchev–Trinajstić information content (AvgIpc) is 3.41.